The lowest BCUT2D eigenvalue weighted by Crippen LogP contribution is -2.31. The number of rotatable bonds is 4. The van der Waals surface area contributed by atoms with Gasteiger partial charge in [-0.05, 0) is 24.6 Å². The second-order valence-electron chi connectivity index (χ2n) is 3.42. The lowest BCUT2D eigenvalue weighted by molar-refractivity contribution is -0.123. The van der Waals surface area contributed by atoms with Crippen molar-refractivity contribution in [1.29, 1.82) is 0 Å². The first-order chi connectivity index (χ1) is 8.02. The molecule has 92 valence electrons. The highest BCUT2D eigenvalue weighted by atomic mass is 16.6. The topological polar surface area (TPSA) is 102 Å². The maximum Gasteiger partial charge on any atom is 0.405 e. The molecular weight excluding hydrogens is 224 g/mol. The number of aliphatic hydroxyl groups excluding tert-OH is 1. The molecule has 0 aromatic heterocycles. The molecule has 0 aliphatic heterocycles. The number of carbonyl (C=O) groups is 2. The normalized spacial score (nSPS) is 11.6. The van der Waals surface area contributed by atoms with E-state index < -0.39 is 18.1 Å². The smallest absolute Gasteiger partial charge is 0.405 e. The van der Waals surface area contributed by atoms with Gasteiger partial charge >= 0.3 is 6.09 Å². The Kier molecular flexibility index (Phi) is 4.47. The third-order valence-electron chi connectivity index (χ3n) is 2.07. The van der Waals surface area contributed by atoms with E-state index in [1.54, 1.807) is 24.3 Å². The number of benzene rings is 1. The van der Waals surface area contributed by atoms with Crippen LogP contribution in [0.4, 0.5) is 10.5 Å². The zero-order valence-electron chi connectivity index (χ0n) is 9.34. The van der Waals surface area contributed by atoms with Gasteiger partial charge < -0.3 is 20.9 Å². The number of amides is 2. The van der Waals surface area contributed by atoms with Gasteiger partial charge in [0.2, 0.25) is 0 Å². The number of nitrogens with two attached hydrogens (primary N) is 1. The molecule has 1 aromatic carbocycles. The zero-order chi connectivity index (χ0) is 12.8. The molecule has 2 amide bonds. The molecule has 6 heteroatoms. The molecule has 0 bridgehead atoms. The van der Waals surface area contributed by atoms with Crippen molar-refractivity contribution in [2.24, 2.45) is 5.73 Å². The Morgan fingerprint density at radius 1 is 1.41 bits per heavy atom. The highest BCUT2D eigenvalue weighted by Crippen LogP contribution is 2.10. The zero-order valence-corrected chi connectivity index (χ0v) is 9.34. The van der Waals surface area contributed by atoms with Crippen LogP contribution in [0.5, 0.6) is 0 Å². The number of ether oxygens (including phenoxy) is 1. The number of primary amides is 1. The molecule has 0 heterocycles. The van der Waals surface area contributed by atoms with Crippen molar-refractivity contribution >= 4 is 17.7 Å². The minimum absolute atomic E-state index is 0.0601. The Hall–Kier alpha value is -2.08. The van der Waals surface area contributed by atoms with E-state index in [-0.39, 0.29) is 6.61 Å². The first-order valence-electron chi connectivity index (χ1n) is 4.99. The maximum atomic E-state index is 11.5. The maximum absolute atomic E-state index is 11.5. The standard InChI is InChI=1S/C11H14N2O4/c1-7(17-11(12)16)10(15)13-9-4-2-8(6-14)3-5-9/h2-5,7,14H,6H2,1H3,(H2,12,16)(H,13,15). The Balaban J connectivity index is 2.58. The summed E-state index contributed by atoms with van der Waals surface area (Å²) >= 11 is 0. The number of anilines is 1. The van der Waals surface area contributed by atoms with Gasteiger partial charge in [-0.25, -0.2) is 4.79 Å². The molecule has 0 aliphatic carbocycles. The predicted molar refractivity (Wildman–Crippen MR) is 61.1 cm³/mol. The predicted octanol–water partition coefficient (Wildman–Crippen LogP) is 0.601. The second kappa shape index (κ2) is 5.86. The van der Waals surface area contributed by atoms with E-state index in [2.05, 4.69) is 10.1 Å². The van der Waals surface area contributed by atoms with E-state index in [9.17, 15) is 9.59 Å². The van der Waals surface area contributed by atoms with Crippen LogP contribution in [0.25, 0.3) is 0 Å². The van der Waals surface area contributed by atoms with Gasteiger partial charge in [0.15, 0.2) is 6.10 Å². The van der Waals surface area contributed by atoms with E-state index in [1.807, 2.05) is 0 Å². The van der Waals surface area contributed by atoms with Crippen molar-refractivity contribution in [1.82, 2.24) is 0 Å². The molecule has 17 heavy (non-hydrogen) atoms. The monoisotopic (exact) mass is 238 g/mol. The summed E-state index contributed by atoms with van der Waals surface area (Å²) in [5, 5.41) is 11.4. The average Bonchev–Trinajstić information content (AvgIpc) is 2.29. The minimum atomic E-state index is -0.997. The first-order valence-corrected chi connectivity index (χ1v) is 4.99. The fraction of sp³-hybridized carbons (Fsp3) is 0.273. The van der Waals surface area contributed by atoms with E-state index in [1.165, 1.54) is 6.92 Å². The molecule has 4 N–H and O–H groups in total. The largest absolute Gasteiger partial charge is 0.437 e. The van der Waals surface area contributed by atoms with Gasteiger partial charge in [0.1, 0.15) is 0 Å². The molecule has 6 nitrogen and oxygen atoms in total. The molecule has 0 radical (unpaired) electrons. The van der Waals surface area contributed by atoms with Gasteiger partial charge in [-0.15, -0.1) is 0 Å². The van der Waals surface area contributed by atoms with Crippen molar-refractivity contribution < 1.29 is 19.4 Å². The summed E-state index contributed by atoms with van der Waals surface area (Å²) in [6.07, 6.45) is -1.95. The van der Waals surface area contributed by atoms with Gasteiger partial charge in [-0.3, -0.25) is 4.79 Å². The molecule has 0 saturated carbocycles. The fourth-order valence-electron chi connectivity index (χ4n) is 1.17. The van der Waals surface area contributed by atoms with Gasteiger partial charge in [0, 0.05) is 5.69 Å². The van der Waals surface area contributed by atoms with Crippen LogP contribution in [0.3, 0.4) is 0 Å². The highest BCUT2D eigenvalue weighted by molar-refractivity contribution is 5.94. The van der Waals surface area contributed by atoms with Crippen LogP contribution in [-0.2, 0) is 16.1 Å². The summed E-state index contributed by atoms with van der Waals surface area (Å²) in [6.45, 7) is 1.36. The molecule has 1 atom stereocenters. The summed E-state index contributed by atoms with van der Waals surface area (Å²) < 4.78 is 4.52. The summed E-state index contributed by atoms with van der Waals surface area (Å²) in [5.74, 6) is -0.472. The van der Waals surface area contributed by atoms with Crippen LogP contribution in [0.2, 0.25) is 0 Å². The lowest BCUT2D eigenvalue weighted by atomic mass is 10.2. The quantitative estimate of drug-likeness (QED) is 0.714. The highest BCUT2D eigenvalue weighted by Gasteiger charge is 2.15. The fourth-order valence-corrected chi connectivity index (χ4v) is 1.17. The van der Waals surface area contributed by atoms with E-state index in [4.69, 9.17) is 10.8 Å². The van der Waals surface area contributed by atoms with Crippen LogP contribution in [0.15, 0.2) is 24.3 Å². The van der Waals surface area contributed by atoms with Gasteiger partial charge in [0.25, 0.3) is 5.91 Å². The Labute approximate surface area is 98.4 Å². The van der Waals surface area contributed by atoms with Crippen molar-refractivity contribution in [3.63, 3.8) is 0 Å². The first kappa shape index (κ1) is 13.0. The molecule has 1 unspecified atom stereocenters. The van der Waals surface area contributed by atoms with E-state index in [0.29, 0.717) is 5.69 Å². The summed E-state index contributed by atoms with van der Waals surface area (Å²) in [6, 6.07) is 6.63. The number of aliphatic hydroxyl groups is 1. The summed E-state index contributed by atoms with van der Waals surface area (Å²) in [5.41, 5.74) is 6.08. The number of hydrogen-bond acceptors (Lipinski definition) is 4. The van der Waals surface area contributed by atoms with Gasteiger partial charge in [-0.2, -0.15) is 0 Å². The Morgan fingerprint density at radius 3 is 2.47 bits per heavy atom. The Morgan fingerprint density at radius 2 is 2.00 bits per heavy atom. The van der Waals surface area contributed by atoms with Crippen LogP contribution in [-0.4, -0.2) is 23.2 Å². The third kappa shape index (κ3) is 4.12. The second-order valence-corrected chi connectivity index (χ2v) is 3.42. The lowest BCUT2D eigenvalue weighted by Gasteiger charge is -2.11. The molecule has 0 fully saturated rings. The number of hydrogen-bond donors (Lipinski definition) is 3. The van der Waals surface area contributed by atoms with Crippen LogP contribution < -0.4 is 11.1 Å². The van der Waals surface area contributed by atoms with Crippen LogP contribution in [0, 0.1) is 0 Å². The molecule has 1 aromatic rings. The minimum Gasteiger partial charge on any atom is -0.437 e. The van der Waals surface area contributed by atoms with E-state index in [0.717, 1.165) is 5.56 Å². The number of carbonyl (C=O) groups excluding carboxylic acids is 2. The molecular formula is C11H14N2O4. The molecule has 0 aliphatic rings. The van der Waals surface area contributed by atoms with Crippen molar-refractivity contribution in [2.45, 2.75) is 19.6 Å². The molecule has 0 saturated heterocycles. The summed E-state index contributed by atoms with van der Waals surface area (Å²) in [4.78, 5) is 22.0. The summed E-state index contributed by atoms with van der Waals surface area (Å²) in [7, 11) is 0. The third-order valence-corrected chi connectivity index (χ3v) is 2.07. The van der Waals surface area contributed by atoms with Crippen molar-refractivity contribution in [3.05, 3.63) is 29.8 Å². The number of nitrogens with one attached hydrogen (secondary N) is 1. The van der Waals surface area contributed by atoms with Crippen molar-refractivity contribution in [3.8, 4) is 0 Å². The van der Waals surface area contributed by atoms with Crippen molar-refractivity contribution in [2.75, 3.05) is 5.32 Å². The van der Waals surface area contributed by atoms with Gasteiger partial charge in [0.05, 0.1) is 6.61 Å². The molecule has 1 rings (SSSR count). The van der Waals surface area contributed by atoms with Crippen LogP contribution >= 0.6 is 0 Å². The van der Waals surface area contributed by atoms with Gasteiger partial charge in [-0.1, -0.05) is 12.1 Å². The van der Waals surface area contributed by atoms with E-state index >= 15 is 0 Å². The average molecular weight is 238 g/mol. The molecule has 0 spiro atoms. The Bertz CT molecular complexity index is 402. The van der Waals surface area contributed by atoms with Crippen LogP contribution in [0.1, 0.15) is 12.5 Å². The SMILES string of the molecule is CC(OC(N)=O)C(=O)Nc1ccc(CO)cc1.